The molecule has 0 radical (unpaired) electrons. The van der Waals surface area contributed by atoms with Crippen LogP contribution in [0.15, 0.2) is 62.8 Å². The molecule has 1 aromatic carbocycles. The first-order valence-electron chi connectivity index (χ1n) is 9.61. The number of benzene rings is 1. The molecule has 0 bridgehead atoms. The minimum absolute atomic E-state index is 0.0783. The number of Topliss-reactive ketones (excluding diaryl/α,β-unsaturated/α-hetero) is 1. The monoisotopic (exact) mass is 483 g/mol. The fraction of sp³-hybridized carbons (Fsp3) is 0.304. The summed E-state index contributed by atoms with van der Waals surface area (Å²) in [6.07, 6.45) is 1.15. The molecule has 0 spiro atoms. The lowest BCUT2D eigenvalue weighted by molar-refractivity contribution is -0.118. The summed E-state index contributed by atoms with van der Waals surface area (Å²) in [5.74, 6) is 0.754. The number of methoxy groups -OCH3 is 1. The van der Waals surface area contributed by atoms with Gasteiger partial charge in [0, 0.05) is 28.3 Å². The van der Waals surface area contributed by atoms with Gasteiger partial charge in [-0.3, -0.25) is 9.69 Å². The van der Waals surface area contributed by atoms with Crippen molar-refractivity contribution in [3.8, 4) is 11.8 Å². The van der Waals surface area contributed by atoms with Crippen LogP contribution in [0.2, 0.25) is 0 Å². The van der Waals surface area contributed by atoms with Gasteiger partial charge in [0.05, 0.1) is 28.5 Å². The van der Waals surface area contributed by atoms with E-state index < -0.39 is 5.92 Å². The number of hydrogen-bond acceptors (Lipinski definition) is 6. The van der Waals surface area contributed by atoms with Crippen molar-refractivity contribution in [2.24, 2.45) is 11.1 Å². The van der Waals surface area contributed by atoms with Crippen molar-refractivity contribution >= 4 is 38.7 Å². The molecule has 2 aliphatic rings. The van der Waals surface area contributed by atoms with Crippen LogP contribution in [0.3, 0.4) is 0 Å². The van der Waals surface area contributed by atoms with Gasteiger partial charge in [-0.05, 0) is 64.2 Å². The number of halogens is 1. The SMILES string of the molecule is COc1ccc(N2C(N)=C(C#N)C(c3ccc(Br)s3)C3=C2CC(C)(C)CC3=O)cc1. The van der Waals surface area contributed by atoms with E-state index in [1.165, 1.54) is 11.3 Å². The Balaban J connectivity index is 1.96. The molecule has 2 aromatic rings. The predicted molar refractivity (Wildman–Crippen MR) is 122 cm³/mol. The second kappa shape index (κ2) is 7.60. The molecule has 1 aliphatic heterocycles. The van der Waals surface area contributed by atoms with E-state index >= 15 is 0 Å². The summed E-state index contributed by atoms with van der Waals surface area (Å²) in [4.78, 5) is 16.2. The van der Waals surface area contributed by atoms with Gasteiger partial charge < -0.3 is 10.5 Å². The maximum atomic E-state index is 13.4. The summed E-state index contributed by atoms with van der Waals surface area (Å²) >= 11 is 5.03. The first kappa shape index (κ1) is 20.7. The van der Waals surface area contributed by atoms with Gasteiger partial charge in [0.1, 0.15) is 11.6 Å². The van der Waals surface area contributed by atoms with E-state index in [-0.39, 0.29) is 11.2 Å². The van der Waals surface area contributed by atoms with Crippen LogP contribution in [0.5, 0.6) is 5.75 Å². The molecule has 1 aromatic heterocycles. The van der Waals surface area contributed by atoms with Crippen LogP contribution < -0.4 is 15.4 Å². The zero-order valence-electron chi connectivity index (χ0n) is 17.0. The zero-order chi connectivity index (χ0) is 21.6. The van der Waals surface area contributed by atoms with Gasteiger partial charge >= 0.3 is 0 Å². The molecule has 2 N–H and O–H groups in total. The Kier molecular flexibility index (Phi) is 5.25. The Morgan fingerprint density at radius 2 is 1.93 bits per heavy atom. The molecule has 0 fully saturated rings. The molecule has 4 rings (SSSR count). The molecule has 2 heterocycles. The van der Waals surface area contributed by atoms with Crippen molar-refractivity contribution < 1.29 is 9.53 Å². The van der Waals surface area contributed by atoms with E-state index in [0.29, 0.717) is 29.8 Å². The van der Waals surface area contributed by atoms with Gasteiger partial charge in [-0.15, -0.1) is 11.3 Å². The predicted octanol–water partition coefficient (Wildman–Crippen LogP) is 5.46. The number of carbonyl (C=O) groups excluding carboxylic acids is 1. The largest absolute Gasteiger partial charge is 0.497 e. The number of anilines is 1. The molecule has 7 heteroatoms. The lowest BCUT2D eigenvalue weighted by Gasteiger charge is -2.43. The van der Waals surface area contributed by atoms with Gasteiger partial charge in [-0.1, -0.05) is 13.8 Å². The fourth-order valence-electron chi connectivity index (χ4n) is 4.30. The van der Waals surface area contributed by atoms with Crippen molar-refractivity contribution in [1.29, 1.82) is 5.26 Å². The Morgan fingerprint density at radius 3 is 2.50 bits per heavy atom. The molecular weight excluding hydrogens is 462 g/mol. The third kappa shape index (κ3) is 3.44. The molecule has 1 unspecified atom stereocenters. The topological polar surface area (TPSA) is 79.3 Å². The molecule has 0 saturated carbocycles. The van der Waals surface area contributed by atoms with Gasteiger partial charge in [0.25, 0.3) is 0 Å². The summed E-state index contributed by atoms with van der Waals surface area (Å²) < 4.78 is 6.23. The summed E-state index contributed by atoms with van der Waals surface area (Å²) in [5.41, 5.74) is 9.21. The van der Waals surface area contributed by atoms with Crippen LogP contribution in [-0.4, -0.2) is 12.9 Å². The second-order valence-corrected chi connectivity index (χ2v) is 10.8. The lowest BCUT2D eigenvalue weighted by atomic mass is 9.69. The first-order valence-corrected chi connectivity index (χ1v) is 11.2. The smallest absolute Gasteiger partial charge is 0.162 e. The number of allylic oxidation sites excluding steroid dienone is 3. The Morgan fingerprint density at radius 1 is 1.23 bits per heavy atom. The minimum atomic E-state index is -0.431. The van der Waals surface area contributed by atoms with Gasteiger partial charge in [0.15, 0.2) is 5.78 Å². The average molecular weight is 484 g/mol. The van der Waals surface area contributed by atoms with E-state index in [0.717, 1.165) is 25.8 Å². The van der Waals surface area contributed by atoms with E-state index in [1.54, 1.807) is 7.11 Å². The Labute approximate surface area is 188 Å². The van der Waals surface area contributed by atoms with E-state index in [2.05, 4.69) is 35.8 Å². The van der Waals surface area contributed by atoms with Gasteiger partial charge in [-0.2, -0.15) is 5.26 Å². The quantitative estimate of drug-likeness (QED) is 0.626. The summed E-state index contributed by atoms with van der Waals surface area (Å²) in [6.45, 7) is 4.19. The maximum Gasteiger partial charge on any atom is 0.162 e. The molecular formula is C23H22BrN3O2S. The van der Waals surface area contributed by atoms with Crippen molar-refractivity contribution in [2.45, 2.75) is 32.6 Å². The molecule has 0 saturated heterocycles. The number of nitrogens with zero attached hydrogens (tertiary/aromatic N) is 2. The Bertz CT molecular complexity index is 1120. The lowest BCUT2D eigenvalue weighted by Crippen LogP contribution is -2.42. The molecule has 30 heavy (non-hydrogen) atoms. The third-order valence-corrected chi connectivity index (χ3v) is 7.28. The van der Waals surface area contributed by atoms with Crippen molar-refractivity contribution in [3.63, 3.8) is 0 Å². The van der Waals surface area contributed by atoms with Crippen molar-refractivity contribution in [1.82, 2.24) is 0 Å². The van der Waals surface area contributed by atoms with E-state index in [4.69, 9.17) is 10.5 Å². The number of nitrogens with two attached hydrogens (primary N) is 1. The highest BCUT2D eigenvalue weighted by Crippen LogP contribution is 2.51. The molecule has 1 atom stereocenters. The highest BCUT2D eigenvalue weighted by Gasteiger charge is 2.45. The summed E-state index contributed by atoms with van der Waals surface area (Å²) in [7, 11) is 1.62. The standard InChI is InChI=1S/C23H22BrN3O2S/c1-23(2)10-16-21(17(28)11-23)20(18-8-9-19(24)30-18)15(12-25)22(26)27(16)13-4-6-14(29-3)7-5-13/h4-9,20H,10-11,26H2,1-3H3. The van der Waals surface area contributed by atoms with Crippen LogP contribution in [0, 0.1) is 16.7 Å². The maximum absolute atomic E-state index is 13.4. The number of thiophene rings is 1. The molecule has 0 amide bonds. The number of ketones is 1. The third-order valence-electron chi connectivity index (χ3n) is 5.59. The van der Waals surface area contributed by atoms with Gasteiger partial charge in [0.2, 0.25) is 0 Å². The second-order valence-electron chi connectivity index (χ2n) is 8.32. The molecule has 154 valence electrons. The number of rotatable bonds is 3. The van der Waals surface area contributed by atoms with Crippen LogP contribution in [0.25, 0.3) is 0 Å². The highest BCUT2D eigenvalue weighted by atomic mass is 79.9. The number of hydrogen-bond donors (Lipinski definition) is 1. The average Bonchev–Trinajstić information content (AvgIpc) is 3.12. The van der Waals surface area contributed by atoms with Gasteiger partial charge in [-0.25, -0.2) is 0 Å². The summed E-state index contributed by atoms with van der Waals surface area (Å²) in [6, 6.07) is 13.7. The number of nitriles is 1. The minimum Gasteiger partial charge on any atom is -0.497 e. The van der Waals surface area contributed by atoms with Crippen LogP contribution >= 0.6 is 27.3 Å². The zero-order valence-corrected chi connectivity index (χ0v) is 19.4. The van der Waals surface area contributed by atoms with Crippen LogP contribution in [0.1, 0.15) is 37.5 Å². The Hall–Kier alpha value is -2.56. The molecule has 5 nitrogen and oxygen atoms in total. The normalized spacial score (nSPS) is 20.8. The number of carbonyl (C=O) groups is 1. The molecule has 1 aliphatic carbocycles. The summed E-state index contributed by atoms with van der Waals surface area (Å²) in [5, 5.41) is 10.1. The van der Waals surface area contributed by atoms with Crippen molar-refractivity contribution in [2.75, 3.05) is 12.0 Å². The fourth-order valence-corrected chi connectivity index (χ4v) is 5.85. The number of ether oxygens (including phenoxy) is 1. The first-order chi connectivity index (χ1) is 14.3. The highest BCUT2D eigenvalue weighted by molar-refractivity contribution is 9.11. The van der Waals surface area contributed by atoms with Crippen molar-refractivity contribution in [3.05, 3.63) is 67.7 Å². The van der Waals surface area contributed by atoms with Crippen LogP contribution in [0.4, 0.5) is 5.69 Å². The van der Waals surface area contributed by atoms with E-state index in [9.17, 15) is 10.1 Å². The van der Waals surface area contributed by atoms with Crippen LogP contribution in [-0.2, 0) is 4.79 Å². The van der Waals surface area contributed by atoms with E-state index in [1.807, 2.05) is 41.3 Å².